The second kappa shape index (κ2) is 9.53. The van der Waals surface area contributed by atoms with Crippen LogP contribution in [0.1, 0.15) is 123 Å². The predicted octanol–water partition coefficient (Wildman–Crippen LogP) is 8.65. The maximum atomic E-state index is 5.23. The van der Waals surface area contributed by atoms with Crippen LogP contribution in [0.5, 0.6) is 0 Å². The molecule has 2 aliphatic heterocycles. The third-order valence-corrected chi connectivity index (χ3v) is 9.07. The number of fused-ring (bicyclic) bond motifs is 8. The van der Waals surface area contributed by atoms with Crippen LogP contribution in [-0.4, -0.2) is 19.9 Å². The molecule has 5 rings (SSSR count). The standard InChI is InChI=1S/C32H42N4/c1-9-21-17(5)25-14-30-23(11-3)19(7)27(35-30)16-32-24(12-4)20(8)28(36-32)15-31-22(10-2)18(6)26(34-31)13-29(21)33-25/h13-18,21-22,35-36H,9-12H2,1-8H3. The van der Waals surface area contributed by atoms with Gasteiger partial charge in [0.25, 0.3) is 0 Å². The van der Waals surface area contributed by atoms with Gasteiger partial charge in [-0.05, 0) is 86.1 Å². The molecule has 190 valence electrons. The van der Waals surface area contributed by atoms with E-state index in [1.165, 1.54) is 67.1 Å². The zero-order chi connectivity index (χ0) is 25.7. The summed E-state index contributed by atoms with van der Waals surface area (Å²) in [6.45, 7) is 18.2. The number of nitrogens with zero attached hydrogens (tertiary/aromatic N) is 2. The Morgan fingerprint density at radius 2 is 1.00 bits per heavy atom. The molecule has 8 bridgehead atoms. The van der Waals surface area contributed by atoms with Crippen molar-refractivity contribution in [2.24, 2.45) is 0 Å². The summed E-state index contributed by atoms with van der Waals surface area (Å²) >= 11 is 0. The molecule has 5 heterocycles. The van der Waals surface area contributed by atoms with Crippen molar-refractivity contribution in [3.63, 3.8) is 0 Å². The Morgan fingerprint density at radius 3 is 1.50 bits per heavy atom. The Balaban J connectivity index is 1.95. The number of hydrogen-bond donors (Lipinski definition) is 2. The lowest BCUT2D eigenvalue weighted by Gasteiger charge is -2.15. The number of aromatic amines is 2. The Kier molecular flexibility index (Phi) is 6.57. The fourth-order valence-corrected chi connectivity index (χ4v) is 6.72. The van der Waals surface area contributed by atoms with Gasteiger partial charge in [-0.1, -0.05) is 41.5 Å². The van der Waals surface area contributed by atoms with Gasteiger partial charge >= 0.3 is 0 Å². The number of aryl methyl sites for hydroxylation is 4. The quantitative estimate of drug-likeness (QED) is 0.391. The van der Waals surface area contributed by atoms with E-state index < -0.39 is 0 Å². The van der Waals surface area contributed by atoms with E-state index in [1.54, 1.807) is 0 Å². The maximum absolute atomic E-state index is 5.23. The van der Waals surface area contributed by atoms with Gasteiger partial charge in [0.15, 0.2) is 0 Å². The zero-order valence-electron chi connectivity index (χ0n) is 23.3. The number of hydrogen-bond acceptors (Lipinski definition) is 2. The molecule has 0 saturated carbocycles. The molecule has 0 fully saturated rings. The van der Waals surface area contributed by atoms with Crippen molar-refractivity contribution >= 4 is 22.1 Å². The van der Waals surface area contributed by atoms with E-state index in [2.05, 4.69) is 89.6 Å². The molecule has 4 atom stereocenters. The second-order valence-corrected chi connectivity index (χ2v) is 10.9. The van der Waals surface area contributed by atoms with Crippen LogP contribution < -0.4 is 0 Å². The number of nitrogens with one attached hydrogen (secondary N) is 2. The van der Waals surface area contributed by atoms with Crippen LogP contribution in [0.3, 0.4) is 0 Å². The fraction of sp³-hybridized carbons (Fsp3) is 0.500. The van der Waals surface area contributed by atoms with Gasteiger partial charge in [0.1, 0.15) is 0 Å². The molecule has 2 aliphatic rings. The summed E-state index contributed by atoms with van der Waals surface area (Å²) in [4.78, 5) is 18.0. The van der Waals surface area contributed by atoms with E-state index in [0.717, 1.165) is 25.7 Å². The number of rotatable bonds is 4. The van der Waals surface area contributed by atoms with Crippen molar-refractivity contribution in [3.05, 3.63) is 69.3 Å². The highest BCUT2D eigenvalue weighted by atomic mass is 14.8. The van der Waals surface area contributed by atoms with Gasteiger partial charge in [-0.15, -0.1) is 0 Å². The minimum absolute atomic E-state index is 0.395. The number of aromatic nitrogens is 4. The average molecular weight is 483 g/mol. The first kappa shape index (κ1) is 24.8. The van der Waals surface area contributed by atoms with Crippen molar-refractivity contribution < 1.29 is 0 Å². The van der Waals surface area contributed by atoms with Gasteiger partial charge in [0, 0.05) is 68.5 Å². The first-order valence-electron chi connectivity index (χ1n) is 14.0. The van der Waals surface area contributed by atoms with Crippen LogP contribution in [-0.2, 0) is 12.8 Å². The summed E-state index contributed by atoms with van der Waals surface area (Å²) in [5, 5.41) is 0. The SMILES string of the molecule is CCc1c(C)c2cc3[nH]c(cc4nc(cc5nc(cc1[nH]2)C(C)C5CC)C(C)C4CC)c(C)c3CC. The van der Waals surface area contributed by atoms with Crippen molar-refractivity contribution in [2.75, 3.05) is 0 Å². The van der Waals surface area contributed by atoms with Crippen molar-refractivity contribution in [1.29, 1.82) is 0 Å². The van der Waals surface area contributed by atoms with Gasteiger partial charge in [0.2, 0.25) is 0 Å². The van der Waals surface area contributed by atoms with Gasteiger partial charge in [0.05, 0.1) is 0 Å². The van der Waals surface area contributed by atoms with Gasteiger partial charge in [-0.25, -0.2) is 0 Å². The van der Waals surface area contributed by atoms with E-state index in [9.17, 15) is 0 Å². The Hall–Kier alpha value is -2.88. The van der Waals surface area contributed by atoms with Gasteiger partial charge < -0.3 is 9.97 Å². The molecule has 0 radical (unpaired) electrons. The highest BCUT2D eigenvalue weighted by Gasteiger charge is 2.31. The molecular formula is C32H42N4. The molecule has 4 heteroatoms. The second-order valence-electron chi connectivity index (χ2n) is 10.9. The molecule has 0 aliphatic carbocycles. The lowest BCUT2D eigenvalue weighted by molar-refractivity contribution is 0.574. The van der Waals surface area contributed by atoms with Crippen molar-refractivity contribution in [1.82, 2.24) is 19.9 Å². The summed E-state index contributed by atoms with van der Waals surface area (Å²) < 4.78 is 0. The van der Waals surface area contributed by atoms with Crippen LogP contribution in [0, 0.1) is 13.8 Å². The summed E-state index contributed by atoms with van der Waals surface area (Å²) in [7, 11) is 0. The lowest BCUT2D eigenvalue weighted by atomic mass is 9.86. The molecule has 2 N–H and O–H groups in total. The maximum Gasteiger partial charge on any atom is 0.0465 e. The van der Waals surface area contributed by atoms with Crippen LogP contribution in [0.2, 0.25) is 0 Å². The average Bonchev–Trinajstić information content (AvgIpc) is 3.51. The minimum atomic E-state index is 0.395. The highest BCUT2D eigenvalue weighted by Crippen LogP contribution is 2.42. The molecule has 3 aromatic rings. The van der Waals surface area contributed by atoms with E-state index in [-0.39, 0.29) is 0 Å². The van der Waals surface area contributed by atoms with Crippen molar-refractivity contribution in [3.8, 4) is 0 Å². The third kappa shape index (κ3) is 3.90. The third-order valence-electron chi connectivity index (χ3n) is 9.07. The monoisotopic (exact) mass is 482 g/mol. The topological polar surface area (TPSA) is 57.4 Å². The van der Waals surface area contributed by atoms with Gasteiger partial charge in [-0.3, -0.25) is 9.97 Å². The van der Waals surface area contributed by atoms with E-state index >= 15 is 0 Å². The molecule has 4 nitrogen and oxygen atoms in total. The van der Waals surface area contributed by atoms with Gasteiger partial charge in [-0.2, -0.15) is 0 Å². The smallest absolute Gasteiger partial charge is 0.0465 e. The Morgan fingerprint density at radius 1 is 0.583 bits per heavy atom. The highest BCUT2D eigenvalue weighted by molar-refractivity contribution is 5.78. The fourth-order valence-electron chi connectivity index (χ4n) is 6.72. The van der Waals surface area contributed by atoms with Crippen LogP contribution in [0.15, 0.2) is 24.3 Å². The molecule has 4 unspecified atom stereocenters. The summed E-state index contributed by atoms with van der Waals surface area (Å²) in [5.74, 6) is 1.66. The summed E-state index contributed by atoms with van der Waals surface area (Å²) in [6, 6.07) is 9.26. The van der Waals surface area contributed by atoms with Crippen molar-refractivity contribution in [2.45, 2.75) is 105 Å². The van der Waals surface area contributed by atoms with E-state index in [4.69, 9.17) is 9.97 Å². The molecule has 3 aromatic heterocycles. The van der Waals surface area contributed by atoms with Crippen LogP contribution >= 0.6 is 0 Å². The Labute approximate surface area is 216 Å². The summed E-state index contributed by atoms with van der Waals surface area (Å²) in [5.41, 5.74) is 15.0. The molecule has 36 heavy (non-hydrogen) atoms. The minimum Gasteiger partial charge on any atom is -0.355 e. The molecule has 0 amide bonds. The van der Waals surface area contributed by atoms with E-state index in [1.807, 2.05) is 0 Å². The first-order valence-corrected chi connectivity index (χ1v) is 14.0. The lowest BCUT2D eigenvalue weighted by Crippen LogP contribution is -2.02. The van der Waals surface area contributed by atoms with E-state index in [0.29, 0.717) is 23.7 Å². The van der Waals surface area contributed by atoms with Crippen LogP contribution in [0.4, 0.5) is 0 Å². The number of H-pyrrole nitrogens is 2. The predicted molar refractivity (Wildman–Crippen MR) is 152 cm³/mol. The molecular weight excluding hydrogens is 440 g/mol. The normalized spacial score (nSPS) is 21.8. The Bertz CT molecular complexity index is 1450. The van der Waals surface area contributed by atoms with Crippen LogP contribution in [0.25, 0.3) is 22.1 Å². The summed E-state index contributed by atoms with van der Waals surface area (Å²) in [6.07, 6.45) is 4.17. The zero-order valence-corrected chi connectivity index (χ0v) is 23.3. The largest absolute Gasteiger partial charge is 0.355 e. The first-order chi connectivity index (χ1) is 17.3. The molecule has 0 saturated heterocycles. The molecule has 0 spiro atoms. The molecule has 0 aromatic carbocycles.